The summed E-state index contributed by atoms with van der Waals surface area (Å²) in [7, 11) is 0. The Bertz CT molecular complexity index is 762. The van der Waals surface area contributed by atoms with Crippen LogP contribution in [0.5, 0.6) is 5.75 Å². The second kappa shape index (κ2) is 6.51. The first kappa shape index (κ1) is 19.0. The van der Waals surface area contributed by atoms with Gasteiger partial charge >= 0.3 is 0 Å². The van der Waals surface area contributed by atoms with Gasteiger partial charge in [0.15, 0.2) is 5.78 Å². The van der Waals surface area contributed by atoms with Gasteiger partial charge < -0.3 is 5.11 Å². The Balaban J connectivity index is 2.65. The molecule has 2 heteroatoms. The van der Waals surface area contributed by atoms with Gasteiger partial charge in [0.05, 0.1) is 0 Å². The number of rotatable bonds is 3. The molecule has 0 aromatic heterocycles. The van der Waals surface area contributed by atoms with Gasteiger partial charge in [0.2, 0.25) is 0 Å². The maximum Gasteiger partial charge on any atom is 0.185 e. The molecule has 0 spiro atoms. The van der Waals surface area contributed by atoms with E-state index in [9.17, 15) is 9.90 Å². The molecule has 2 aromatic rings. The van der Waals surface area contributed by atoms with Crippen LogP contribution in [-0.4, -0.2) is 10.9 Å². The van der Waals surface area contributed by atoms with Crippen LogP contribution in [0.25, 0.3) is 11.1 Å². The fraction of sp³-hybridized carbons (Fsp3) is 0.348. The summed E-state index contributed by atoms with van der Waals surface area (Å²) < 4.78 is 0. The largest absolute Gasteiger partial charge is 0.507 e. The maximum atomic E-state index is 11.7. The van der Waals surface area contributed by atoms with Crippen LogP contribution in [0.15, 0.2) is 49.1 Å². The summed E-state index contributed by atoms with van der Waals surface area (Å²) in [4.78, 5) is 11.7. The summed E-state index contributed by atoms with van der Waals surface area (Å²) in [6.07, 6.45) is 1.32. The molecule has 0 amide bonds. The van der Waals surface area contributed by atoms with E-state index in [2.05, 4.69) is 60.3 Å². The number of carbonyl (C=O) groups excluding carboxylic acids is 1. The van der Waals surface area contributed by atoms with E-state index in [1.165, 1.54) is 6.08 Å². The molecule has 0 aliphatic carbocycles. The predicted molar refractivity (Wildman–Crippen MR) is 105 cm³/mol. The topological polar surface area (TPSA) is 37.3 Å². The Morgan fingerprint density at radius 2 is 1.32 bits per heavy atom. The van der Waals surface area contributed by atoms with Crippen molar-refractivity contribution >= 4 is 5.78 Å². The van der Waals surface area contributed by atoms with E-state index in [0.717, 1.165) is 22.3 Å². The molecule has 0 fully saturated rings. The van der Waals surface area contributed by atoms with Crippen LogP contribution in [0.1, 0.15) is 63.0 Å². The summed E-state index contributed by atoms with van der Waals surface area (Å²) in [6, 6.07) is 11.6. The maximum absolute atomic E-state index is 11.7. The van der Waals surface area contributed by atoms with Gasteiger partial charge in [-0.1, -0.05) is 72.4 Å². The Morgan fingerprint density at radius 3 is 1.68 bits per heavy atom. The van der Waals surface area contributed by atoms with E-state index < -0.39 is 0 Å². The molecule has 0 aliphatic heterocycles. The molecule has 0 heterocycles. The fourth-order valence-corrected chi connectivity index (χ4v) is 2.89. The molecule has 1 N–H and O–H groups in total. The van der Waals surface area contributed by atoms with Gasteiger partial charge in [-0.15, -0.1) is 0 Å². The van der Waals surface area contributed by atoms with Crippen LogP contribution < -0.4 is 0 Å². The Kier molecular flexibility index (Phi) is 4.94. The highest BCUT2D eigenvalue weighted by Crippen LogP contribution is 2.41. The molecule has 0 saturated heterocycles. The summed E-state index contributed by atoms with van der Waals surface area (Å²) in [5.41, 5.74) is 4.23. The zero-order valence-corrected chi connectivity index (χ0v) is 16.1. The number of ketones is 1. The quantitative estimate of drug-likeness (QED) is 0.549. The van der Waals surface area contributed by atoms with E-state index in [-0.39, 0.29) is 16.6 Å². The van der Waals surface area contributed by atoms with Gasteiger partial charge in [-0.05, 0) is 40.2 Å². The van der Waals surface area contributed by atoms with Crippen molar-refractivity contribution in [2.45, 2.75) is 52.4 Å². The SMILES string of the molecule is C=CC(=O)c1ccc(-c2cc(C(C)(C)C)c(O)c(C(C)(C)C)c2)cc1. The van der Waals surface area contributed by atoms with Crippen LogP contribution in [0.3, 0.4) is 0 Å². The number of phenolic OH excluding ortho intramolecular Hbond substituents is 1. The van der Waals surface area contributed by atoms with Crippen LogP contribution in [0, 0.1) is 0 Å². The molecule has 25 heavy (non-hydrogen) atoms. The number of hydrogen-bond donors (Lipinski definition) is 1. The Hall–Kier alpha value is -2.35. The highest BCUT2D eigenvalue weighted by molar-refractivity contribution is 6.04. The van der Waals surface area contributed by atoms with Gasteiger partial charge in [0.1, 0.15) is 5.75 Å². The minimum Gasteiger partial charge on any atom is -0.507 e. The van der Waals surface area contributed by atoms with Crippen molar-refractivity contribution in [3.8, 4) is 16.9 Å². The number of benzene rings is 2. The summed E-state index contributed by atoms with van der Waals surface area (Å²) in [5, 5.41) is 10.8. The van der Waals surface area contributed by atoms with Gasteiger partial charge in [-0.2, -0.15) is 0 Å². The van der Waals surface area contributed by atoms with Crippen molar-refractivity contribution in [3.05, 3.63) is 65.7 Å². The molecule has 0 radical (unpaired) electrons. The van der Waals surface area contributed by atoms with E-state index in [1.807, 2.05) is 24.3 Å². The van der Waals surface area contributed by atoms with Gasteiger partial charge in [0, 0.05) is 16.7 Å². The zero-order valence-electron chi connectivity index (χ0n) is 16.1. The molecule has 0 aliphatic rings. The highest BCUT2D eigenvalue weighted by atomic mass is 16.3. The summed E-state index contributed by atoms with van der Waals surface area (Å²) >= 11 is 0. The molecule has 132 valence electrons. The van der Waals surface area contributed by atoms with Crippen molar-refractivity contribution in [2.24, 2.45) is 0 Å². The average molecular weight is 336 g/mol. The zero-order chi connectivity index (χ0) is 19.0. The molecular formula is C23H28O2. The summed E-state index contributed by atoms with van der Waals surface area (Å²) in [5.74, 6) is 0.297. The lowest BCUT2D eigenvalue weighted by Crippen LogP contribution is -2.17. The number of aromatic hydroxyl groups is 1. The molecule has 0 saturated carbocycles. The average Bonchev–Trinajstić information content (AvgIpc) is 2.52. The van der Waals surface area contributed by atoms with Crippen molar-refractivity contribution in [3.63, 3.8) is 0 Å². The molecule has 0 unspecified atom stereocenters. The standard InChI is InChI=1S/C23H28O2/c1-8-20(24)16-11-9-15(10-12-16)17-13-18(22(2,3)4)21(25)19(14-17)23(5,6)7/h8-14,25H,1H2,2-7H3. The minimum absolute atomic E-state index is 0.0805. The third-order valence-electron chi connectivity index (χ3n) is 4.41. The van der Waals surface area contributed by atoms with Gasteiger partial charge in [0.25, 0.3) is 0 Å². The molecule has 2 nitrogen and oxygen atoms in total. The van der Waals surface area contributed by atoms with Gasteiger partial charge in [-0.3, -0.25) is 4.79 Å². The minimum atomic E-state index is -0.168. The van der Waals surface area contributed by atoms with Crippen LogP contribution in [-0.2, 0) is 10.8 Å². The predicted octanol–water partition coefficient (Wildman–Crippen LogP) is 6.02. The summed E-state index contributed by atoms with van der Waals surface area (Å²) in [6.45, 7) is 16.1. The number of phenols is 1. The van der Waals surface area contributed by atoms with Gasteiger partial charge in [-0.25, -0.2) is 0 Å². The van der Waals surface area contributed by atoms with E-state index in [4.69, 9.17) is 0 Å². The second-order valence-corrected chi connectivity index (χ2v) is 8.57. The Morgan fingerprint density at radius 1 is 0.880 bits per heavy atom. The van der Waals surface area contributed by atoms with E-state index in [0.29, 0.717) is 11.3 Å². The van der Waals surface area contributed by atoms with Crippen molar-refractivity contribution in [1.29, 1.82) is 0 Å². The van der Waals surface area contributed by atoms with Crippen LogP contribution >= 0.6 is 0 Å². The third-order valence-corrected chi connectivity index (χ3v) is 4.41. The van der Waals surface area contributed by atoms with Crippen LogP contribution in [0.2, 0.25) is 0 Å². The molecule has 0 bridgehead atoms. The monoisotopic (exact) mass is 336 g/mol. The lowest BCUT2D eigenvalue weighted by atomic mass is 9.77. The third kappa shape index (κ3) is 4.01. The molecule has 2 aromatic carbocycles. The second-order valence-electron chi connectivity index (χ2n) is 8.57. The van der Waals surface area contributed by atoms with E-state index >= 15 is 0 Å². The first-order valence-electron chi connectivity index (χ1n) is 8.60. The first-order valence-corrected chi connectivity index (χ1v) is 8.60. The molecular weight excluding hydrogens is 308 g/mol. The molecule has 0 atom stereocenters. The van der Waals surface area contributed by atoms with Crippen molar-refractivity contribution in [1.82, 2.24) is 0 Å². The van der Waals surface area contributed by atoms with Crippen LogP contribution in [0.4, 0.5) is 0 Å². The van der Waals surface area contributed by atoms with Crippen molar-refractivity contribution in [2.75, 3.05) is 0 Å². The Labute approximate surface area is 151 Å². The lowest BCUT2D eigenvalue weighted by Gasteiger charge is -2.28. The fourth-order valence-electron chi connectivity index (χ4n) is 2.89. The highest BCUT2D eigenvalue weighted by Gasteiger charge is 2.26. The smallest absolute Gasteiger partial charge is 0.185 e. The number of carbonyl (C=O) groups is 1. The molecule has 2 rings (SSSR count). The van der Waals surface area contributed by atoms with E-state index in [1.54, 1.807) is 0 Å². The number of allylic oxidation sites excluding steroid dienone is 1. The lowest BCUT2D eigenvalue weighted by molar-refractivity contribution is 0.104. The number of hydrogen-bond acceptors (Lipinski definition) is 2. The normalized spacial score (nSPS) is 12.1. The first-order chi connectivity index (χ1) is 11.4. The van der Waals surface area contributed by atoms with Crippen molar-refractivity contribution < 1.29 is 9.90 Å².